The largest absolute Gasteiger partial charge is 0.480 e. The second kappa shape index (κ2) is 4.53. The first kappa shape index (κ1) is 11.8. The molecule has 6 heteroatoms. The highest BCUT2D eigenvalue weighted by Gasteiger charge is 2.24. The fourth-order valence-corrected chi connectivity index (χ4v) is 1.66. The molecule has 0 saturated heterocycles. The van der Waals surface area contributed by atoms with Gasteiger partial charge in [0.05, 0.1) is 0 Å². The number of H-pyrrole nitrogens is 1. The fourth-order valence-electron chi connectivity index (χ4n) is 1.41. The Balaban J connectivity index is 3.10. The van der Waals surface area contributed by atoms with Crippen LogP contribution in [-0.4, -0.2) is 20.6 Å². The minimum Gasteiger partial charge on any atom is -0.480 e. The molecule has 1 rings (SSSR count). The van der Waals surface area contributed by atoms with Crippen LogP contribution >= 0.6 is 11.6 Å². The average molecular weight is 233 g/mol. The van der Waals surface area contributed by atoms with E-state index < -0.39 is 17.7 Å². The van der Waals surface area contributed by atoms with Crippen LogP contribution in [0.15, 0.2) is 11.0 Å². The topological polar surface area (TPSA) is 75.1 Å². The highest BCUT2D eigenvalue weighted by Crippen LogP contribution is 2.20. The van der Waals surface area contributed by atoms with Crippen molar-refractivity contribution in [2.45, 2.75) is 26.3 Å². The molecule has 0 aliphatic carbocycles. The Kier molecular flexibility index (Phi) is 3.57. The molecule has 1 heterocycles. The zero-order valence-electron chi connectivity index (χ0n) is 8.53. The van der Waals surface area contributed by atoms with Gasteiger partial charge >= 0.3 is 11.7 Å². The number of aromatic amines is 1. The van der Waals surface area contributed by atoms with Crippen molar-refractivity contribution in [3.63, 3.8) is 0 Å². The number of halogens is 1. The van der Waals surface area contributed by atoms with Crippen molar-refractivity contribution in [3.8, 4) is 0 Å². The fraction of sp³-hybridized carbons (Fsp3) is 0.556. The minimum absolute atomic E-state index is 0.119. The van der Waals surface area contributed by atoms with Crippen molar-refractivity contribution in [3.05, 3.63) is 21.8 Å². The summed E-state index contributed by atoms with van der Waals surface area (Å²) in [5.41, 5.74) is -0.493. The lowest BCUT2D eigenvalue weighted by atomic mass is 10.0. The first-order chi connectivity index (χ1) is 6.93. The van der Waals surface area contributed by atoms with Crippen LogP contribution in [0.1, 0.15) is 26.3 Å². The Bertz CT molecular complexity index is 408. The molecule has 15 heavy (non-hydrogen) atoms. The average Bonchev–Trinajstić information content (AvgIpc) is 2.42. The lowest BCUT2D eigenvalue weighted by Crippen LogP contribution is -2.29. The Labute approximate surface area is 91.7 Å². The molecule has 0 aromatic carbocycles. The number of imidazole rings is 1. The molecule has 0 aliphatic rings. The first-order valence-electron chi connectivity index (χ1n) is 4.61. The van der Waals surface area contributed by atoms with Gasteiger partial charge in [0, 0.05) is 6.20 Å². The molecule has 84 valence electrons. The summed E-state index contributed by atoms with van der Waals surface area (Å²) in [5, 5.41) is 9.13. The SMILES string of the molecule is CC(C)CC(C(=O)O)n1c(Cl)c[nH]c1=O. The summed E-state index contributed by atoms with van der Waals surface area (Å²) in [6.07, 6.45) is 1.66. The van der Waals surface area contributed by atoms with E-state index in [0.717, 1.165) is 4.57 Å². The van der Waals surface area contributed by atoms with Crippen molar-refractivity contribution in [1.82, 2.24) is 9.55 Å². The maximum Gasteiger partial charge on any atom is 0.327 e. The Morgan fingerprint density at radius 1 is 1.67 bits per heavy atom. The van der Waals surface area contributed by atoms with Crippen molar-refractivity contribution in [2.75, 3.05) is 0 Å². The molecule has 2 N–H and O–H groups in total. The monoisotopic (exact) mass is 232 g/mol. The van der Waals surface area contributed by atoms with Gasteiger partial charge in [0.2, 0.25) is 0 Å². The number of nitrogens with one attached hydrogen (secondary N) is 1. The van der Waals surface area contributed by atoms with Crippen molar-refractivity contribution >= 4 is 17.6 Å². The quantitative estimate of drug-likeness (QED) is 0.826. The third-order valence-electron chi connectivity index (χ3n) is 2.06. The van der Waals surface area contributed by atoms with E-state index in [0.29, 0.717) is 6.42 Å². The van der Waals surface area contributed by atoms with Gasteiger partial charge in [0.25, 0.3) is 0 Å². The van der Waals surface area contributed by atoms with Crippen molar-refractivity contribution in [1.29, 1.82) is 0 Å². The highest BCUT2D eigenvalue weighted by molar-refractivity contribution is 6.29. The van der Waals surface area contributed by atoms with Crippen LogP contribution in [0, 0.1) is 5.92 Å². The first-order valence-corrected chi connectivity index (χ1v) is 4.99. The lowest BCUT2D eigenvalue weighted by molar-refractivity contribution is -0.141. The second-order valence-corrected chi connectivity index (χ2v) is 4.16. The Morgan fingerprint density at radius 2 is 2.27 bits per heavy atom. The zero-order chi connectivity index (χ0) is 11.6. The number of carbonyl (C=O) groups is 1. The van der Waals surface area contributed by atoms with E-state index >= 15 is 0 Å². The normalized spacial score (nSPS) is 13.1. The highest BCUT2D eigenvalue weighted by atomic mass is 35.5. The number of carboxylic acids is 1. The van der Waals surface area contributed by atoms with Gasteiger partial charge in [-0.3, -0.25) is 4.57 Å². The summed E-state index contributed by atoms with van der Waals surface area (Å²) in [5.74, 6) is -0.878. The molecule has 0 amide bonds. The molecule has 5 nitrogen and oxygen atoms in total. The van der Waals surface area contributed by atoms with Crippen LogP contribution in [0.2, 0.25) is 5.15 Å². The Hall–Kier alpha value is -1.23. The van der Waals surface area contributed by atoms with Gasteiger partial charge in [-0.2, -0.15) is 0 Å². The smallest absolute Gasteiger partial charge is 0.327 e. The maximum atomic E-state index is 11.3. The van der Waals surface area contributed by atoms with Gasteiger partial charge in [0.1, 0.15) is 11.2 Å². The van der Waals surface area contributed by atoms with Crippen LogP contribution in [0.3, 0.4) is 0 Å². The molecule has 1 aromatic rings. The molecule has 0 aliphatic heterocycles. The number of hydrogen-bond acceptors (Lipinski definition) is 2. The standard InChI is InChI=1S/C9H13ClN2O3/c1-5(2)3-6(8(13)14)12-7(10)4-11-9(12)15/h4-6H,3H2,1-2H3,(H,11,15)(H,13,14). The predicted octanol–water partition coefficient (Wildman–Crippen LogP) is 1.50. The molecular formula is C9H13ClN2O3. The molecule has 0 radical (unpaired) electrons. The van der Waals surface area contributed by atoms with Crippen LogP contribution in [-0.2, 0) is 4.79 Å². The summed E-state index contributed by atoms with van der Waals surface area (Å²) >= 11 is 5.74. The number of aromatic nitrogens is 2. The summed E-state index contributed by atoms with van der Waals surface area (Å²) in [6.45, 7) is 3.78. The third kappa shape index (κ3) is 2.62. The van der Waals surface area contributed by atoms with Gasteiger partial charge < -0.3 is 10.1 Å². The van der Waals surface area contributed by atoms with E-state index in [9.17, 15) is 9.59 Å². The van der Waals surface area contributed by atoms with E-state index in [1.54, 1.807) is 0 Å². The number of rotatable bonds is 4. The van der Waals surface area contributed by atoms with E-state index in [4.69, 9.17) is 16.7 Å². The van der Waals surface area contributed by atoms with E-state index in [-0.39, 0.29) is 11.1 Å². The molecule has 0 bridgehead atoms. The molecule has 1 unspecified atom stereocenters. The van der Waals surface area contributed by atoms with E-state index in [1.165, 1.54) is 6.20 Å². The molecular weight excluding hydrogens is 220 g/mol. The third-order valence-corrected chi connectivity index (χ3v) is 2.35. The van der Waals surface area contributed by atoms with Gasteiger partial charge in [-0.05, 0) is 12.3 Å². The minimum atomic E-state index is -1.05. The predicted molar refractivity (Wildman–Crippen MR) is 56.2 cm³/mol. The van der Waals surface area contributed by atoms with Crippen LogP contribution < -0.4 is 5.69 Å². The van der Waals surface area contributed by atoms with Crippen LogP contribution in [0.4, 0.5) is 0 Å². The summed E-state index contributed by atoms with van der Waals surface area (Å²) in [6, 6.07) is -0.906. The maximum absolute atomic E-state index is 11.3. The van der Waals surface area contributed by atoms with Crippen molar-refractivity contribution < 1.29 is 9.90 Å². The zero-order valence-corrected chi connectivity index (χ0v) is 9.28. The van der Waals surface area contributed by atoms with Crippen LogP contribution in [0.25, 0.3) is 0 Å². The van der Waals surface area contributed by atoms with Gasteiger partial charge in [0.15, 0.2) is 0 Å². The lowest BCUT2D eigenvalue weighted by Gasteiger charge is -2.15. The number of nitrogens with zero attached hydrogens (tertiary/aromatic N) is 1. The van der Waals surface area contributed by atoms with Crippen LogP contribution in [0.5, 0.6) is 0 Å². The summed E-state index contributed by atoms with van der Waals surface area (Å²) in [4.78, 5) is 24.7. The van der Waals surface area contributed by atoms with Gasteiger partial charge in [-0.1, -0.05) is 25.4 Å². The molecule has 0 fully saturated rings. The van der Waals surface area contributed by atoms with E-state index in [2.05, 4.69) is 4.98 Å². The summed E-state index contributed by atoms with van der Waals surface area (Å²) < 4.78 is 1.06. The number of hydrogen-bond donors (Lipinski definition) is 2. The number of carboxylic acid groups (broad SMARTS) is 1. The molecule has 1 aromatic heterocycles. The van der Waals surface area contributed by atoms with Gasteiger partial charge in [-0.15, -0.1) is 0 Å². The second-order valence-electron chi connectivity index (χ2n) is 3.77. The number of aliphatic carboxylic acids is 1. The molecule has 0 spiro atoms. The molecule has 0 saturated carbocycles. The summed E-state index contributed by atoms with van der Waals surface area (Å²) in [7, 11) is 0. The van der Waals surface area contributed by atoms with Crippen molar-refractivity contribution in [2.24, 2.45) is 5.92 Å². The molecule has 1 atom stereocenters. The van der Waals surface area contributed by atoms with Gasteiger partial charge in [-0.25, -0.2) is 9.59 Å². The Morgan fingerprint density at radius 3 is 2.60 bits per heavy atom. The van der Waals surface area contributed by atoms with E-state index in [1.807, 2.05) is 13.8 Å².